The SMILES string of the molecule is O=C(NCCCS(=O)(=O)c1ccccc1)c1csc(-c2cc(Br)cs2)n1. The van der Waals surface area contributed by atoms with Gasteiger partial charge in [0.1, 0.15) is 10.7 Å². The minimum atomic E-state index is -3.32. The Labute approximate surface area is 168 Å². The molecule has 26 heavy (non-hydrogen) atoms. The minimum absolute atomic E-state index is 0.0111. The number of thiazole rings is 1. The first kappa shape index (κ1) is 19.2. The molecule has 1 amide bonds. The summed E-state index contributed by atoms with van der Waals surface area (Å²) in [7, 11) is -3.32. The Morgan fingerprint density at radius 3 is 2.62 bits per heavy atom. The van der Waals surface area contributed by atoms with Gasteiger partial charge >= 0.3 is 0 Å². The number of sulfone groups is 1. The molecule has 0 aliphatic rings. The lowest BCUT2D eigenvalue weighted by Crippen LogP contribution is -2.26. The molecule has 2 heterocycles. The van der Waals surface area contributed by atoms with Crippen LogP contribution in [0, 0.1) is 0 Å². The summed E-state index contributed by atoms with van der Waals surface area (Å²) in [5, 5.41) is 7.19. The molecule has 0 atom stereocenters. The molecule has 0 saturated heterocycles. The fourth-order valence-corrected chi connectivity index (χ4v) is 5.86. The Morgan fingerprint density at radius 1 is 1.15 bits per heavy atom. The van der Waals surface area contributed by atoms with Gasteiger partial charge in [-0.15, -0.1) is 22.7 Å². The van der Waals surface area contributed by atoms with Gasteiger partial charge in [0.25, 0.3) is 5.91 Å². The zero-order valence-corrected chi connectivity index (χ0v) is 17.6. The summed E-state index contributed by atoms with van der Waals surface area (Å²) in [4.78, 5) is 17.8. The molecule has 0 unspecified atom stereocenters. The number of hydrogen-bond donors (Lipinski definition) is 1. The molecule has 3 aromatic rings. The molecule has 0 radical (unpaired) electrons. The van der Waals surface area contributed by atoms with E-state index in [1.54, 1.807) is 47.0 Å². The van der Waals surface area contributed by atoms with Crippen LogP contribution in [0.3, 0.4) is 0 Å². The Morgan fingerprint density at radius 2 is 1.92 bits per heavy atom. The first-order chi connectivity index (χ1) is 12.5. The van der Waals surface area contributed by atoms with Crippen LogP contribution in [-0.2, 0) is 9.84 Å². The van der Waals surface area contributed by atoms with Crippen LogP contribution >= 0.6 is 38.6 Å². The van der Waals surface area contributed by atoms with Crippen LogP contribution in [0.1, 0.15) is 16.9 Å². The third kappa shape index (κ3) is 4.79. The average Bonchev–Trinajstić information content (AvgIpc) is 3.28. The van der Waals surface area contributed by atoms with E-state index >= 15 is 0 Å². The topological polar surface area (TPSA) is 76.1 Å². The number of hydrogen-bond acceptors (Lipinski definition) is 6. The highest BCUT2D eigenvalue weighted by Crippen LogP contribution is 2.31. The highest BCUT2D eigenvalue weighted by Gasteiger charge is 2.15. The van der Waals surface area contributed by atoms with Gasteiger partial charge < -0.3 is 5.32 Å². The fraction of sp³-hybridized carbons (Fsp3) is 0.176. The van der Waals surface area contributed by atoms with E-state index in [4.69, 9.17) is 0 Å². The summed E-state index contributed by atoms with van der Waals surface area (Å²) in [6.07, 6.45) is 0.345. The number of halogens is 1. The number of nitrogens with zero attached hydrogens (tertiary/aromatic N) is 1. The third-order valence-corrected chi connectivity index (χ3v) is 8.01. The highest BCUT2D eigenvalue weighted by molar-refractivity contribution is 9.10. The van der Waals surface area contributed by atoms with Gasteiger partial charge in [-0.05, 0) is 40.5 Å². The van der Waals surface area contributed by atoms with Crippen LogP contribution in [0.2, 0.25) is 0 Å². The number of carbonyl (C=O) groups is 1. The number of amides is 1. The van der Waals surface area contributed by atoms with Crippen molar-refractivity contribution in [2.24, 2.45) is 0 Å². The Balaban J connectivity index is 1.51. The highest BCUT2D eigenvalue weighted by atomic mass is 79.9. The Kier molecular flexibility index (Phi) is 6.23. The van der Waals surface area contributed by atoms with Crippen LogP contribution in [0.15, 0.2) is 56.5 Å². The second-order valence-corrected chi connectivity index (χ2v) is 10.2. The lowest BCUT2D eigenvalue weighted by atomic mass is 10.4. The molecular weight excluding hydrogens is 456 g/mol. The zero-order chi connectivity index (χ0) is 18.6. The van der Waals surface area contributed by atoms with Crippen molar-refractivity contribution in [2.75, 3.05) is 12.3 Å². The Hall–Kier alpha value is -1.55. The van der Waals surface area contributed by atoms with Gasteiger partial charge in [-0.3, -0.25) is 4.79 Å². The molecule has 1 N–H and O–H groups in total. The van der Waals surface area contributed by atoms with Gasteiger partial charge in [0.15, 0.2) is 9.84 Å². The number of benzene rings is 1. The predicted octanol–water partition coefficient (Wildman–Crippen LogP) is 4.23. The third-order valence-electron chi connectivity index (χ3n) is 3.49. The number of rotatable bonds is 7. The summed E-state index contributed by atoms with van der Waals surface area (Å²) >= 11 is 6.36. The van der Waals surface area contributed by atoms with Crippen molar-refractivity contribution in [1.82, 2.24) is 10.3 Å². The first-order valence-electron chi connectivity index (χ1n) is 7.72. The fourth-order valence-electron chi connectivity index (χ4n) is 2.22. The van der Waals surface area contributed by atoms with Gasteiger partial charge in [-0.1, -0.05) is 18.2 Å². The van der Waals surface area contributed by atoms with Crippen molar-refractivity contribution >= 4 is 54.3 Å². The number of nitrogens with one attached hydrogen (secondary N) is 1. The maximum atomic E-state index is 12.2. The first-order valence-corrected chi connectivity index (χ1v) is 11.9. The molecule has 2 aromatic heterocycles. The molecule has 5 nitrogen and oxygen atoms in total. The maximum Gasteiger partial charge on any atom is 0.270 e. The molecule has 0 saturated carbocycles. The summed E-state index contributed by atoms with van der Waals surface area (Å²) in [6.45, 7) is 0.280. The molecule has 1 aromatic carbocycles. The minimum Gasteiger partial charge on any atom is -0.351 e. The largest absolute Gasteiger partial charge is 0.351 e. The number of aromatic nitrogens is 1. The monoisotopic (exact) mass is 470 g/mol. The molecule has 0 bridgehead atoms. The summed E-state index contributed by atoms with van der Waals surface area (Å²) in [5.74, 6) is -0.303. The average molecular weight is 471 g/mol. The smallest absolute Gasteiger partial charge is 0.270 e. The number of carbonyl (C=O) groups excluding carboxylic acids is 1. The lowest BCUT2D eigenvalue weighted by molar-refractivity contribution is 0.0949. The van der Waals surface area contributed by atoms with Crippen molar-refractivity contribution in [1.29, 1.82) is 0 Å². The van der Waals surface area contributed by atoms with Crippen molar-refractivity contribution in [2.45, 2.75) is 11.3 Å². The van der Waals surface area contributed by atoms with Crippen molar-refractivity contribution in [3.05, 3.63) is 57.3 Å². The van der Waals surface area contributed by atoms with Gasteiger partial charge in [0, 0.05) is 21.8 Å². The van der Waals surface area contributed by atoms with E-state index in [-0.39, 0.29) is 18.2 Å². The van der Waals surface area contributed by atoms with Crippen LogP contribution in [0.25, 0.3) is 9.88 Å². The van der Waals surface area contributed by atoms with E-state index in [2.05, 4.69) is 26.2 Å². The van der Waals surface area contributed by atoms with Crippen molar-refractivity contribution in [3.8, 4) is 9.88 Å². The Bertz CT molecular complexity index is 997. The van der Waals surface area contributed by atoms with E-state index in [9.17, 15) is 13.2 Å². The molecule has 9 heteroatoms. The molecule has 0 fully saturated rings. The van der Waals surface area contributed by atoms with E-state index in [0.29, 0.717) is 17.0 Å². The molecule has 136 valence electrons. The molecule has 0 aliphatic heterocycles. The normalized spacial score (nSPS) is 11.4. The van der Waals surface area contributed by atoms with E-state index in [1.165, 1.54) is 11.3 Å². The van der Waals surface area contributed by atoms with Crippen molar-refractivity contribution in [3.63, 3.8) is 0 Å². The van der Waals surface area contributed by atoms with Gasteiger partial charge in [0.05, 0.1) is 15.5 Å². The maximum absolute atomic E-state index is 12.2. The molecule has 0 aliphatic carbocycles. The van der Waals surface area contributed by atoms with Crippen molar-refractivity contribution < 1.29 is 13.2 Å². The number of thiophene rings is 1. The van der Waals surface area contributed by atoms with Gasteiger partial charge in [-0.25, -0.2) is 13.4 Å². The summed E-state index contributed by atoms with van der Waals surface area (Å²) in [6, 6.07) is 10.3. The van der Waals surface area contributed by atoms with Crippen LogP contribution in [0.5, 0.6) is 0 Å². The van der Waals surface area contributed by atoms with E-state index < -0.39 is 9.84 Å². The summed E-state index contributed by atoms with van der Waals surface area (Å²) in [5.41, 5.74) is 0.348. The second kappa shape index (κ2) is 8.43. The van der Waals surface area contributed by atoms with E-state index in [0.717, 1.165) is 14.4 Å². The second-order valence-electron chi connectivity index (χ2n) is 5.41. The zero-order valence-electron chi connectivity index (χ0n) is 13.5. The molecule has 0 spiro atoms. The van der Waals surface area contributed by atoms with Crippen LogP contribution in [0.4, 0.5) is 0 Å². The lowest BCUT2D eigenvalue weighted by Gasteiger charge is -2.05. The molecular formula is C17H15BrN2O3S3. The standard InChI is InChI=1S/C17H15BrN2O3S3/c18-12-9-15(24-10-12)17-20-14(11-25-17)16(21)19-7-4-8-26(22,23)13-5-2-1-3-6-13/h1-3,5-6,9-11H,4,7-8H2,(H,19,21). The van der Waals surface area contributed by atoms with Gasteiger partial charge in [0.2, 0.25) is 0 Å². The van der Waals surface area contributed by atoms with E-state index in [1.807, 2.05) is 11.4 Å². The quantitative estimate of drug-likeness (QED) is 0.524. The van der Waals surface area contributed by atoms with Crippen LogP contribution in [-0.4, -0.2) is 31.6 Å². The summed E-state index contributed by atoms with van der Waals surface area (Å²) < 4.78 is 25.4. The van der Waals surface area contributed by atoms with Crippen LogP contribution < -0.4 is 5.32 Å². The van der Waals surface area contributed by atoms with Gasteiger partial charge in [-0.2, -0.15) is 0 Å². The molecule has 3 rings (SSSR count). The predicted molar refractivity (Wildman–Crippen MR) is 109 cm³/mol.